The zero-order valence-corrected chi connectivity index (χ0v) is 52.9. The van der Waals surface area contributed by atoms with Crippen LogP contribution in [0.2, 0.25) is 0 Å². The van der Waals surface area contributed by atoms with Crippen LogP contribution in [0.5, 0.6) is 0 Å². The molecule has 9 N–H and O–H groups in total. The van der Waals surface area contributed by atoms with Crippen LogP contribution in [-0.2, 0) is 23.7 Å². The van der Waals surface area contributed by atoms with Crippen molar-refractivity contribution in [3.05, 3.63) is 72.9 Å². The van der Waals surface area contributed by atoms with Gasteiger partial charge in [0.05, 0.1) is 32.0 Å². The van der Waals surface area contributed by atoms with E-state index in [0.29, 0.717) is 12.8 Å². The summed E-state index contributed by atoms with van der Waals surface area (Å²) in [5, 5.41) is 87.2. The number of rotatable bonds is 55. The lowest BCUT2D eigenvalue weighted by atomic mass is 9.97. The van der Waals surface area contributed by atoms with E-state index < -0.39 is 86.8 Å². The highest BCUT2D eigenvalue weighted by molar-refractivity contribution is 5.76. The number of carbonyl (C=O) groups is 1. The molecule has 0 bridgehead atoms. The molecule has 1 amide bonds. The number of hydrogen-bond donors (Lipinski definition) is 9. The largest absolute Gasteiger partial charge is 0.394 e. The molecule has 2 rings (SSSR count). The van der Waals surface area contributed by atoms with Crippen LogP contribution in [0.4, 0.5) is 0 Å². The standard InChI is InChI=1S/C70H125NO13/c1-3-5-7-9-11-13-15-16-17-18-19-20-21-22-23-24-25-26-27-28-29-30-31-32-33-34-35-36-37-38-39-40-41-42-44-46-48-50-52-54-62(75)71-58(59(74)53-51-49-47-45-43-14-12-10-8-6-4-2)57-81-69-67(80)65(78)68(61(56-73)83-69)84-70-66(79)64(77)63(76)60(55-72)82-70/h5,7,11,13,16-17,19-20,22-23,25-26,58-61,63-70,72-74,76-80H,3-4,6,8-10,12,14-15,18,21,24,27-57H2,1-2H3,(H,71,75)/b7-5-,13-11-,17-16-,20-19-,23-22-,26-25-. The third kappa shape index (κ3) is 38.7. The van der Waals surface area contributed by atoms with Crippen molar-refractivity contribution in [1.82, 2.24) is 5.32 Å². The number of hydrogen-bond acceptors (Lipinski definition) is 13. The van der Waals surface area contributed by atoms with E-state index in [-0.39, 0.29) is 12.5 Å². The van der Waals surface area contributed by atoms with E-state index in [2.05, 4.69) is 92.1 Å². The predicted molar refractivity (Wildman–Crippen MR) is 341 cm³/mol. The Balaban J connectivity index is 1.54. The van der Waals surface area contributed by atoms with Gasteiger partial charge in [-0.3, -0.25) is 4.79 Å². The first-order valence-corrected chi connectivity index (χ1v) is 34.2. The lowest BCUT2D eigenvalue weighted by Gasteiger charge is -2.46. The molecule has 0 aromatic rings. The van der Waals surface area contributed by atoms with Gasteiger partial charge in [0.1, 0.15) is 48.8 Å². The SMILES string of the molecule is CC/C=C\C/C=C\C/C=C\C/C=C\C/C=C\C/C=C\CCCCCCCCCCCCCCCCCCCCCCC(=O)NC(COC1OC(CO)C(OC2OC(CO)C(O)C(O)C2O)C(O)C1O)C(O)CCCCCCCCCCCCC. The zero-order valence-electron chi connectivity index (χ0n) is 52.9. The number of aliphatic hydroxyl groups excluding tert-OH is 8. The molecule has 2 heterocycles. The molecule has 2 fully saturated rings. The fraction of sp³-hybridized carbons (Fsp3) is 0.814. The van der Waals surface area contributed by atoms with Gasteiger partial charge in [-0.2, -0.15) is 0 Å². The lowest BCUT2D eigenvalue weighted by Crippen LogP contribution is -2.65. The minimum absolute atomic E-state index is 0.206. The summed E-state index contributed by atoms with van der Waals surface area (Å²) in [7, 11) is 0. The first-order chi connectivity index (χ1) is 41.1. The van der Waals surface area contributed by atoms with Gasteiger partial charge < -0.3 is 65.1 Å². The summed E-state index contributed by atoms with van der Waals surface area (Å²) in [6, 6.07) is -0.828. The first-order valence-electron chi connectivity index (χ1n) is 34.2. The molecule has 0 saturated carbocycles. The normalized spacial score (nSPS) is 24.1. The lowest BCUT2D eigenvalue weighted by molar-refractivity contribution is -0.359. The van der Waals surface area contributed by atoms with Crippen molar-refractivity contribution >= 4 is 5.91 Å². The fourth-order valence-electron chi connectivity index (χ4n) is 11.0. The number of nitrogens with one attached hydrogen (secondary N) is 1. The number of unbranched alkanes of at least 4 members (excludes halogenated alkanes) is 30. The Labute approximate surface area is 510 Å². The zero-order chi connectivity index (χ0) is 60.9. The maximum absolute atomic E-state index is 13.3. The molecule has 488 valence electrons. The smallest absolute Gasteiger partial charge is 0.220 e. The Morgan fingerprint density at radius 3 is 1.26 bits per heavy atom. The summed E-state index contributed by atoms with van der Waals surface area (Å²) >= 11 is 0. The summed E-state index contributed by atoms with van der Waals surface area (Å²) < 4.78 is 22.8. The van der Waals surface area contributed by atoms with Crippen LogP contribution in [0.3, 0.4) is 0 Å². The monoisotopic (exact) mass is 1190 g/mol. The summed E-state index contributed by atoms with van der Waals surface area (Å²) in [6.45, 7) is 2.74. The highest BCUT2D eigenvalue weighted by Crippen LogP contribution is 2.30. The minimum atomic E-state index is -1.78. The van der Waals surface area contributed by atoms with Gasteiger partial charge in [0.25, 0.3) is 0 Å². The van der Waals surface area contributed by atoms with Gasteiger partial charge in [0.15, 0.2) is 12.6 Å². The molecular weight excluding hydrogens is 1060 g/mol. The quantitative estimate of drug-likeness (QED) is 0.0204. The third-order valence-electron chi connectivity index (χ3n) is 16.4. The molecule has 14 heteroatoms. The van der Waals surface area contributed by atoms with Crippen LogP contribution in [0.25, 0.3) is 0 Å². The minimum Gasteiger partial charge on any atom is -0.394 e. The van der Waals surface area contributed by atoms with Crippen molar-refractivity contribution in [2.24, 2.45) is 0 Å². The maximum atomic E-state index is 13.3. The second kappa shape index (κ2) is 54.6. The number of carbonyl (C=O) groups excluding carboxylic acids is 1. The van der Waals surface area contributed by atoms with Crippen LogP contribution >= 0.6 is 0 Å². The average molecular weight is 1190 g/mol. The predicted octanol–water partition coefficient (Wildman–Crippen LogP) is 13.5. The highest BCUT2D eigenvalue weighted by atomic mass is 16.7. The molecule has 84 heavy (non-hydrogen) atoms. The van der Waals surface area contributed by atoms with Crippen molar-refractivity contribution in [2.75, 3.05) is 19.8 Å². The number of allylic oxidation sites excluding steroid dienone is 12. The molecule has 12 atom stereocenters. The summed E-state index contributed by atoms with van der Waals surface area (Å²) in [5.74, 6) is -0.206. The second-order valence-corrected chi connectivity index (χ2v) is 23.9. The Morgan fingerprint density at radius 1 is 0.440 bits per heavy atom. The second-order valence-electron chi connectivity index (χ2n) is 23.9. The van der Waals surface area contributed by atoms with E-state index in [4.69, 9.17) is 18.9 Å². The van der Waals surface area contributed by atoms with Gasteiger partial charge in [-0.1, -0.05) is 273 Å². The number of ether oxygens (including phenoxy) is 4. The van der Waals surface area contributed by atoms with Crippen LogP contribution in [0, 0.1) is 0 Å². The van der Waals surface area contributed by atoms with Crippen LogP contribution in [0.15, 0.2) is 72.9 Å². The van der Waals surface area contributed by atoms with E-state index in [1.54, 1.807) is 0 Å². The molecule has 0 aromatic heterocycles. The van der Waals surface area contributed by atoms with Crippen LogP contribution in [0.1, 0.15) is 271 Å². The Kier molecular flexibility index (Phi) is 50.4. The molecule has 0 aromatic carbocycles. The van der Waals surface area contributed by atoms with Crippen molar-refractivity contribution < 1.29 is 64.6 Å². The van der Waals surface area contributed by atoms with Crippen LogP contribution < -0.4 is 5.32 Å². The molecule has 2 aliphatic heterocycles. The Bertz CT molecular complexity index is 1690. The van der Waals surface area contributed by atoms with Gasteiger partial charge >= 0.3 is 0 Å². The Morgan fingerprint density at radius 2 is 0.821 bits per heavy atom. The van der Waals surface area contributed by atoms with E-state index in [0.717, 1.165) is 89.9 Å². The molecule has 14 nitrogen and oxygen atoms in total. The Hall–Kier alpha value is -2.57. The highest BCUT2D eigenvalue weighted by Gasteiger charge is 2.51. The molecule has 2 saturated heterocycles. The van der Waals surface area contributed by atoms with Crippen molar-refractivity contribution in [3.8, 4) is 0 Å². The fourth-order valence-corrected chi connectivity index (χ4v) is 11.0. The van der Waals surface area contributed by atoms with Crippen molar-refractivity contribution in [2.45, 2.75) is 344 Å². The summed E-state index contributed by atoms with van der Waals surface area (Å²) in [5.41, 5.74) is 0. The molecular formula is C70H125NO13. The molecule has 0 spiro atoms. The van der Waals surface area contributed by atoms with E-state index in [1.807, 2.05) is 0 Å². The van der Waals surface area contributed by atoms with E-state index in [9.17, 15) is 45.6 Å². The van der Waals surface area contributed by atoms with E-state index in [1.165, 1.54) is 154 Å². The molecule has 12 unspecified atom stereocenters. The third-order valence-corrected chi connectivity index (χ3v) is 16.4. The summed E-state index contributed by atoms with van der Waals surface area (Å²) in [4.78, 5) is 13.3. The average Bonchev–Trinajstić information content (AvgIpc) is 3.59. The molecule has 0 aliphatic carbocycles. The topological polar surface area (TPSA) is 228 Å². The van der Waals surface area contributed by atoms with Gasteiger partial charge in [-0.05, 0) is 64.2 Å². The van der Waals surface area contributed by atoms with Gasteiger partial charge in [-0.25, -0.2) is 0 Å². The van der Waals surface area contributed by atoms with Gasteiger partial charge in [0.2, 0.25) is 5.91 Å². The number of aliphatic hydroxyl groups is 8. The first kappa shape index (κ1) is 77.5. The van der Waals surface area contributed by atoms with Gasteiger partial charge in [-0.15, -0.1) is 0 Å². The van der Waals surface area contributed by atoms with Gasteiger partial charge in [0, 0.05) is 6.42 Å². The maximum Gasteiger partial charge on any atom is 0.220 e. The number of amides is 1. The van der Waals surface area contributed by atoms with Crippen molar-refractivity contribution in [1.29, 1.82) is 0 Å². The van der Waals surface area contributed by atoms with E-state index >= 15 is 0 Å². The summed E-state index contributed by atoms with van der Waals surface area (Å²) in [6.07, 6.45) is 56.6. The molecule has 2 aliphatic rings. The molecule has 0 radical (unpaired) electrons. The van der Waals surface area contributed by atoms with Crippen molar-refractivity contribution in [3.63, 3.8) is 0 Å². The van der Waals surface area contributed by atoms with Crippen LogP contribution in [-0.4, -0.2) is 140 Å².